The summed E-state index contributed by atoms with van der Waals surface area (Å²) in [5.41, 5.74) is 4.95. The number of aryl methyl sites for hydroxylation is 2. The van der Waals surface area contributed by atoms with E-state index in [1.165, 1.54) is 0 Å². The molecule has 2 rings (SSSR count). The van der Waals surface area contributed by atoms with Crippen LogP contribution in [0.25, 0.3) is 0 Å². The molecule has 5 nitrogen and oxygen atoms in total. The molecule has 0 aliphatic carbocycles. The average molecular weight is 353 g/mol. The van der Waals surface area contributed by atoms with E-state index in [1.807, 2.05) is 41.9 Å². The lowest BCUT2D eigenvalue weighted by Gasteiger charge is -2.17. The minimum absolute atomic E-state index is 0.0166. The maximum absolute atomic E-state index is 5.76. The van der Waals surface area contributed by atoms with E-state index in [1.54, 1.807) is 0 Å². The Balaban J connectivity index is 2.02. The number of nitrogens with one attached hydrogen (secondary N) is 1. The van der Waals surface area contributed by atoms with Gasteiger partial charge in [-0.1, -0.05) is 18.2 Å². The van der Waals surface area contributed by atoms with Crippen LogP contribution >= 0.6 is 15.9 Å². The summed E-state index contributed by atoms with van der Waals surface area (Å²) in [6.45, 7) is 5.40. The molecule has 0 aliphatic rings. The first-order valence-corrected chi connectivity index (χ1v) is 7.80. The van der Waals surface area contributed by atoms with Gasteiger partial charge in [0.2, 0.25) is 0 Å². The third-order valence-electron chi connectivity index (χ3n) is 3.32. The van der Waals surface area contributed by atoms with E-state index >= 15 is 0 Å². The molecule has 0 spiro atoms. The number of halogens is 1. The van der Waals surface area contributed by atoms with E-state index in [0.717, 1.165) is 34.6 Å². The topological polar surface area (TPSA) is 65.1 Å². The molecule has 6 heteroatoms. The molecule has 0 radical (unpaired) electrons. The van der Waals surface area contributed by atoms with Gasteiger partial charge in [-0.05, 0) is 41.9 Å². The van der Waals surface area contributed by atoms with Crippen LogP contribution < -0.4 is 16.0 Å². The van der Waals surface area contributed by atoms with Gasteiger partial charge in [0.05, 0.1) is 21.9 Å². The predicted molar refractivity (Wildman–Crippen MR) is 87.1 cm³/mol. The van der Waals surface area contributed by atoms with Crippen molar-refractivity contribution in [3.63, 3.8) is 0 Å². The molecule has 0 aliphatic heterocycles. The van der Waals surface area contributed by atoms with E-state index < -0.39 is 0 Å². The number of benzene rings is 1. The predicted octanol–water partition coefficient (Wildman–Crippen LogP) is 2.43. The highest BCUT2D eigenvalue weighted by molar-refractivity contribution is 9.10. The zero-order valence-corrected chi connectivity index (χ0v) is 13.9. The number of hydrazine groups is 1. The van der Waals surface area contributed by atoms with Crippen LogP contribution in [0.15, 0.2) is 34.8 Å². The number of rotatable bonds is 7. The Labute approximate surface area is 133 Å². The number of para-hydroxylation sites is 1. The maximum atomic E-state index is 5.76. The Kier molecular flexibility index (Phi) is 5.78. The van der Waals surface area contributed by atoms with E-state index in [0.29, 0.717) is 6.61 Å². The number of ether oxygens (including phenoxy) is 1. The first-order valence-electron chi connectivity index (χ1n) is 7.01. The molecule has 21 heavy (non-hydrogen) atoms. The van der Waals surface area contributed by atoms with E-state index in [9.17, 15) is 0 Å². The molecule has 0 saturated heterocycles. The molecule has 3 N–H and O–H groups in total. The highest BCUT2D eigenvalue weighted by Crippen LogP contribution is 2.22. The summed E-state index contributed by atoms with van der Waals surface area (Å²) in [4.78, 5) is 0. The van der Waals surface area contributed by atoms with Gasteiger partial charge in [0.1, 0.15) is 12.4 Å². The Morgan fingerprint density at radius 1 is 1.38 bits per heavy atom. The van der Waals surface area contributed by atoms with Crippen LogP contribution in [-0.4, -0.2) is 22.4 Å². The normalized spacial score (nSPS) is 12.4. The molecule has 1 aromatic heterocycles. The monoisotopic (exact) mass is 352 g/mol. The summed E-state index contributed by atoms with van der Waals surface area (Å²) in [5.74, 6) is 6.50. The second-order valence-electron chi connectivity index (χ2n) is 4.85. The fourth-order valence-corrected chi connectivity index (χ4v) is 2.62. The van der Waals surface area contributed by atoms with Crippen molar-refractivity contribution >= 4 is 15.9 Å². The van der Waals surface area contributed by atoms with Crippen molar-refractivity contribution < 1.29 is 4.74 Å². The Hall–Kier alpha value is -1.37. The van der Waals surface area contributed by atoms with Crippen LogP contribution in [0.3, 0.4) is 0 Å². The minimum Gasteiger partial charge on any atom is -0.492 e. The lowest BCUT2D eigenvalue weighted by Crippen LogP contribution is -2.41. The minimum atomic E-state index is 0.0166. The van der Waals surface area contributed by atoms with Gasteiger partial charge in [-0.15, -0.1) is 0 Å². The summed E-state index contributed by atoms with van der Waals surface area (Å²) in [6.07, 6.45) is 0.749. The lowest BCUT2D eigenvalue weighted by molar-refractivity contribution is 0.262. The molecule has 1 atom stereocenters. The molecule has 0 saturated carbocycles. The number of aromatic nitrogens is 2. The standard InChI is InChI=1S/C15H21BrN4O/c1-3-20-14(15(16)11(2)19-20)9-12(18-17)10-21-13-7-5-4-6-8-13/h4-8,12,18H,3,9-10,17H2,1-2H3. The highest BCUT2D eigenvalue weighted by Gasteiger charge is 2.17. The van der Waals surface area contributed by atoms with Gasteiger partial charge in [0, 0.05) is 13.0 Å². The van der Waals surface area contributed by atoms with Crippen LogP contribution in [0.4, 0.5) is 0 Å². The van der Waals surface area contributed by atoms with E-state index in [-0.39, 0.29) is 6.04 Å². The Morgan fingerprint density at radius 3 is 2.71 bits per heavy atom. The molecule has 114 valence electrons. The summed E-state index contributed by atoms with van der Waals surface area (Å²) in [7, 11) is 0. The molecule has 2 aromatic rings. The van der Waals surface area contributed by atoms with Gasteiger partial charge in [-0.3, -0.25) is 16.0 Å². The van der Waals surface area contributed by atoms with Gasteiger partial charge < -0.3 is 4.74 Å². The average Bonchev–Trinajstić information content (AvgIpc) is 2.79. The van der Waals surface area contributed by atoms with Gasteiger partial charge in [0.25, 0.3) is 0 Å². The largest absolute Gasteiger partial charge is 0.492 e. The maximum Gasteiger partial charge on any atom is 0.119 e. The molecule has 1 aromatic carbocycles. The molecular weight excluding hydrogens is 332 g/mol. The van der Waals surface area contributed by atoms with Gasteiger partial charge >= 0.3 is 0 Å². The van der Waals surface area contributed by atoms with E-state index in [2.05, 4.69) is 33.4 Å². The highest BCUT2D eigenvalue weighted by atomic mass is 79.9. The second-order valence-corrected chi connectivity index (χ2v) is 5.65. The van der Waals surface area contributed by atoms with Crippen LogP contribution in [0.1, 0.15) is 18.3 Å². The zero-order valence-electron chi connectivity index (χ0n) is 12.3. The van der Waals surface area contributed by atoms with Crippen molar-refractivity contribution in [2.45, 2.75) is 32.9 Å². The molecule has 0 fully saturated rings. The van der Waals surface area contributed by atoms with Crippen molar-refractivity contribution in [1.82, 2.24) is 15.2 Å². The van der Waals surface area contributed by atoms with Crippen molar-refractivity contribution in [2.75, 3.05) is 6.61 Å². The Bertz CT molecular complexity index is 571. The number of hydrogen-bond donors (Lipinski definition) is 2. The van der Waals surface area contributed by atoms with Crippen LogP contribution in [0.2, 0.25) is 0 Å². The Morgan fingerprint density at radius 2 is 2.10 bits per heavy atom. The molecule has 0 bridgehead atoms. The van der Waals surface area contributed by atoms with Gasteiger partial charge in [-0.25, -0.2) is 0 Å². The van der Waals surface area contributed by atoms with Gasteiger partial charge in [-0.2, -0.15) is 5.10 Å². The van der Waals surface area contributed by atoms with Crippen LogP contribution in [0.5, 0.6) is 5.75 Å². The molecule has 1 unspecified atom stereocenters. The fraction of sp³-hybridized carbons (Fsp3) is 0.400. The van der Waals surface area contributed by atoms with Crippen molar-refractivity contribution in [2.24, 2.45) is 5.84 Å². The SMILES string of the molecule is CCn1nc(C)c(Br)c1CC(COc1ccccc1)NN. The molecule has 0 amide bonds. The molecule has 1 heterocycles. The van der Waals surface area contributed by atoms with Crippen LogP contribution in [-0.2, 0) is 13.0 Å². The van der Waals surface area contributed by atoms with Crippen molar-refractivity contribution in [3.8, 4) is 5.75 Å². The summed E-state index contributed by atoms with van der Waals surface area (Å²) >= 11 is 3.60. The van der Waals surface area contributed by atoms with Crippen LogP contribution in [0, 0.1) is 6.92 Å². The third-order valence-corrected chi connectivity index (χ3v) is 4.35. The fourth-order valence-electron chi connectivity index (χ4n) is 2.18. The number of hydrogen-bond acceptors (Lipinski definition) is 4. The van der Waals surface area contributed by atoms with Crippen molar-refractivity contribution in [3.05, 3.63) is 46.2 Å². The third kappa shape index (κ3) is 4.06. The first-order chi connectivity index (χ1) is 10.2. The van der Waals surface area contributed by atoms with E-state index in [4.69, 9.17) is 10.6 Å². The summed E-state index contributed by atoms with van der Waals surface area (Å²) < 4.78 is 8.80. The summed E-state index contributed by atoms with van der Waals surface area (Å²) in [6, 6.07) is 9.75. The second kappa shape index (κ2) is 7.59. The van der Waals surface area contributed by atoms with Gasteiger partial charge in [0.15, 0.2) is 0 Å². The number of nitrogens with zero attached hydrogens (tertiary/aromatic N) is 2. The zero-order chi connectivity index (χ0) is 15.2. The van der Waals surface area contributed by atoms with Crippen molar-refractivity contribution in [1.29, 1.82) is 0 Å². The number of nitrogens with two attached hydrogens (primary N) is 1. The molecular formula is C15H21BrN4O. The summed E-state index contributed by atoms with van der Waals surface area (Å²) in [5, 5.41) is 4.49. The lowest BCUT2D eigenvalue weighted by atomic mass is 10.1. The quantitative estimate of drug-likeness (QED) is 0.593. The first kappa shape index (κ1) is 16.0. The smallest absolute Gasteiger partial charge is 0.119 e.